The van der Waals surface area contributed by atoms with E-state index >= 15 is 0 Å². The third kappa shape index (κ3) is 2.07. The number of alkyl halides is 1. The minimum Gasteiger partial charge on any atom is -0.314 e. The van der Waals surface area contributed by atoms with Crippen molar-refractivity contribution in [2.24, 2.45) is 0 Å². The van der Waals surface area contributed by atoms with E-state index in [4.69, 9.17) is 23.2 Å². The molecular formula is C13H11Cl2N3O2. The van der Waals surface area contributed by atoms with Crippen molar-refractivity contribution in [3.63, 3.8) is 0 Å². The predicted octanol–water partition coefficient (Wildman–Crippen LogP) is 2.41. The first-order valence-electron chi connectivity index (χ1n) is 6.17. The summed E-state index contributed by atoms with van der Waals surface area (Å²) in [5.74, 6) is 0.167. The number of para-hydroxylation sites is 1. The first-order valence-corrected chi connectivity index (χ1v) is 7.08. The highest BCUT2D eigenvalue weighted by Crippen LogP contribution is 2.30. The molecule has 1 atom stereocenters. The Morgan fingerprint density at radius 1 is 1.40 bits per heavy atom. The molecule has 2 amide bonds. The standard InChI is InChI=1S/C13H11Cl2N3O2/c14-6-10-16-12-7(15)2-1-3-8(12)18(10)9-4-5-11(19)17-13(9)20/h1-3,9H,4-6H2,(H,17,19,20). The second-order valence-corrected chi connectivity index (χ2v) is 5.28. The fourth-order valence-electron chi connectivity index (χ4n) is 2.50. The summed E-state index contributed by atoms with van der Waals surface area (Å²) in [7, 11) is 0. The number of hydrogen-bond donors (Lipinski definition) is 1. The second kappa shape index (κ2) is 5.07. The summed E-state index contributed by atoms with van der Waals surface area (Å²) in [6.07, 6.45) is 0.741. The van der Waals surface area contributed by atoms with Gasteiger partial charge in [-0.25, -0.2) is 4.98 Å². The number of carbonyl (C=O) groups excluding carboxylic acids is 2. The first-order chi connectivity index (χ1) is 9.61. The third-order valence-electron chi connectivity index (χ3n) is 3.39. The lowest BCUT2D eigenvalue weighted by atomic mass is 10.1. The number of carbonyl (C=O) groups is 2. The number of fused-ring (bicyclic) bond motifs is 1. The van der Waals surface area contributed by atoms with Gasteiger partial charge in [-0.15, -0.1) is 11.6 Å². The molecule has 2 aromatic rings. The quantitative estimate of drug-likeness (QED) is 0.684. The van der Waals surface area contributed by atoms with Crippen LogP contribution < -0.4 is 5.32 Å². The fourth-order valence-corrected chi connectivity index (χ4v) is 2.90. The van der Waals surface area contributed by atoms with Crippen molar-refractivity contribution in [3.05, 3.63) is 29.0 Å². The van der Waals surface area contributed by atoms with Crippen LogP contribution in [0.25, 0.3) is 11.0 Å². The number of amides is 2. The largest absolute Gasteiger partial charge is 0.314 e. The van der Waals surface area contributed by atoms with Gasteiger partial charge < -0.3 is 4.57 Å². The average molecular weight is 312 g/mol. The topological polar surface area (TPSA) is 64.0 Å². The number of nitrogens with zero attached hydrogens (tertiary/aromatic N) is 2. The van der Waals surface area contributed by atoms with Gasteiger partial charge in [0.25, 0.3) is 0 Å². The lowest BCUT2D eigenvalue weighted by Crippen LogP contribution is -2.42. The molecule has 0 radical (unpaired) electrons. The monoisotopic (exact) mass is 311 g/mol. The van der Waals surface area contributed by atoms with E-state index in [0.29, 0.717) is 29.2 Å². The molecule has 1 saturated heterocycles. The Labute approximate surface area is 124 Å². The van der Waals surface area contributed by atoms with Gasteiger partial charge in [-0.2, -0.15) is 0 Å². The van der Waals surface area contributed by atoms with Crippen LogP contribution >= 0.6 is 23.2 Å². The normalized spacial score (nSPS) is 19.4. The summed E-state index contributed by atoms with van der Waals surface area (Å²) in [6.45, 7) is 0. The highest BCUT2D eigenvalue weighted by molar-refractivity contribution is 6.35. The number of rotatable bonds is 2. The fraction of sp³-hybridized carbons (Fsp3) is 0.308. The number of halogens is 2. The molecule has 0 saturated carbocycles. The summed E-state index contributed by atoms with van der Waals surface area (Å²) < 4.78 is 1.77. The van der Waals surface area contributed by atoms with Crippen LogP contribution in [-0.2, 0) is 15.5 Å². The van der Waals surface area contributed by atoms with Crippen molar-refractivity contribution >= 4 is 46.0 Å². The molecule has 20 heavy (non-hydrogen) atoms. The molecule has 1 fully saturated rings. The van der Waals surface area contributed by atoms with Crippen LogP contribution in [0.5, 0.6) is 0 Å². The molecule has 2 heterocycles. The van der Waals surface area contributed by atoms with E-state index in [1.807, 2.05) is 6.07 Å². The van der Waals surface area contributed by atoms with Gasteiger partial charge >= 0.3 is 0 Å². The van der Waals surface area contributed by atoms with Crippen molar-refractivity contribution in [1.29, 1.82) is 0 Å². The number of nitrogens with one attached hydrogen (secondary N) is 1. The van der Waals surface area contributed by atoms with Gasteiger partial charge in [-0.3, -0.25) is 14.9 Å². The highest BCUT2D eigenvalue weighted by atomic mass is 35.5. The summed E-state index contributed by atoms with van der Waals surface area (Å²) in [6, 6.07) is 4.90. The molecule has 0 aliphatic carbocycles. The van der Waals surface area contributed by atoms with Gasteiger partial charge in [0.2, 0.25) is 11.8 Å². The molecule has 0 spiro atoms. The first kappa shape index (κ1) is 13.4. The van der Waals surface area contributed by atoms with E-state index in [9.17, 15) is 9.59 Å². The summed E-state index contributed by atoms with van der Waals surface area (Å²) in [5, 5.41) is 2.86. The second-order valence-electron chi connectivity index (χ2n) is 4.61. The molecular weight excluding hydrogens is 301 g/mol. The molecule has 7 heteroatoms. The lowest BCUT2D eigenvalue weighted by Gasteiger charge is -2.24. The Balaban J connectivity index is 2.17. The summed E-state index contributed by atoms with van der Waals surface area (Å²) >= 11 is 12.1. The number of aromatic nitrogens is 2. The molecule has 0 bridgehead atoms. The number of imide groups is 1. The maximum absolute atomic E-state index is 12.0. The minimum atomic E-state index is -0.482. The molecule has 1 N–H and O–H groups in total. The van der Waals surface area contributed by atoms with Crippen molar-refractivity contribution in [2.75, 3.05) is 0 Å². The van der Waals surface area contributed by atoms with Crippen LogP contribution in [0.1, 0.15) is 24.7 Å². The van der Waals surface area contributed by atoms with E-state index in [1.54, 1.807) is 16.7 Å². The number of piperidine rings is 1. The van der Waals surface area contributed by atoms with E-state index < -0.39 is 6.04 Å². The Morgan fingerprint density at radius 2 is 2.20 bits per heavy atom. The predicted molar refractivity (Wildman–Crippen MR) is 75.7 cm³/mol. The zero-order valence-corrected chi connectivity index (χ0v) is 11.9. The minimum absolute atomic E-state index is 0.169. The number of hydrogen-bond acceptors (Lipinski definition) is 3. The third-order valence-corrected chi connectivity index (χ3v) is 3.93. The zero-order chi connectivity index (χ0) is 14.3. The maximum atomic E-state index is 12.0. The molecule has 5 nitrogen and oxygen atoms in total. The molecule has 104 valence electrons. The average Bonchev–Trinajstić information content (AvgIpc) is 2.79. The molecule has 1 unspecified atom stereocenters. The molecule has 1 aliphatic rings. The van der Waals surface area contributed by atoms with Crippen molar-refractivity contribution < 1.29 is 9.59 Å². The van der Waals surface area contributed by atoms with Crippen LogP contribution in [-0.4, -0.2) is 21.4 Å². The SMILES string of the molecule is O=C1CCC(n2c(CCl)nc3c(Cl)cccc32)C(=O)N1. The van der Waals surface area contributed by atoms with Gasteiger partial charge in [-0.1, -0.05) is 17.7 Å². The van der Waals surface area contributed by atoms with E-state index in [-0.39, 0.29) is 17.7 Å². The molecule has 1 aliphatic heterocycles. The molecule has 3 rings (SSSR count). The van der Waals surface area contributed by atoms with Crippen LogP contribution in [0.4, 0.5) is 0 Å². The zero-order valence-electron chi connectivity index (χ0n) is 10.4. The van der Waals surface area contributed by atoms with E-state index in [1.165, 1.54) is 0 Å². The van der Waals surface area contributed by atoms with Gasteiger partial charge in [0.15, 0.2) is 0 Å². The van der Waals surface area contributed by atoms with Crippen molar-refractivity contribution in [3.8, 4) is 0 Å². The number of imidazole rings is 1. The maximum Gasteiger partial charge on any atom is 0.249 e. The van der Waals surface area contributed by atoms with Gasteiger partial charge in [-0.05, 0) is 18.6 Å². The Kier molecular flexibility index (Phi) is 3.40. The Bertz CT molecular complexity index is 711. The van der Waals surface area contributed by atoms with Crippen LogP contribution in [0.3, 0.4) is 0 Å². The Hall–Kier alpha value is -1.59. The van der Waals surface area contributed by atoms with Gasteiger partial charge in [0, 0.05) is 6.42 Å². The summed E-state index contributed by atoms with van der Waals surface area (Å²) in [5.41, 5.74) is 1.37. The molecule has 1 aromatic carbocycles. The van der Waals surface area contributed by atoms with Crippen LogP contribution in [0.15, 0.2) is 18.2 Å². The van der Waals surface area contributed by atoms with Crippen molar-refractivity contribution in [1.82, 2.24) is 14.9 Å². The van der Waals surface area contributed by atoms with Gasteiger partial charge in [0.1, 0.15) is 17.4 Å². The lowest BCUT2D eigenvalue weighted by molar-refractivity contribution is -0.135. The van der Waals surface area contributed by atoms with Crippen molar-refractivity contribution in [2.45, 2.75) is 24.8 Å². The van der Waals surface area contributed by atoms with E-state index in [2.05, 4.69) is 10.3 Å². The van der Waals surface area contributed by atoms with E-state index in [0.717, 1.165) is 5.52 Å². The number of benzene rings is 1. The van der Waals surface area contributed by atoms with Gasteiger partial charge in [0.05, 0.1) is 16.4 Å². The summed E-state index contributed by atoms with van der Waals surface area (Å²) in [4.78, 5) is 27.7. The highest BCUT2D eigenvalue weighted by Gasteiger charge is 2.31. The van der Waals surface area contributed by atoms with Crippen LogP contribution in [0.2, 0.25) is 5.02 Å². The molecule has 1 aromatic heterocycles. The van der Waals surface area contributed by atoms with Crippen LogP contribution in [0, 0.1) is 0 Å². The Morgan fingerprint density at radius 3 is 2.90 bits per heavy atom. The smallest absolute Gasteiger partial charge is 0.249 e.